The molecule has 1 saturated heterocycles. The normalized spacial score (nSPS) is 19.3. The zero-order chi connectivity index (χ0) is 10.7. The molecule has 1 aliphatic rings. The monoisotopic (exact) mass is 209 g/mol. The molecule has 1 aliphatic heterocycles. The number of aromatic nitrogens is 2. The number of nitrogen functional groups attached to an aromatic ring is 1. The Bertz CT molecular complexity index is 303. The molecule has 84 valence electrons. The number of anilines is 2. The van der Waals surface area contributed by atoms with E-state index in [1.54, 1.807) is 6.20 Å². The van der Waals surface area contributed by atoms with Crippen molar-refractivity contribution >= 4 is 11.5 Å². The molecule has 0 aliphatic carbocycles. The number of hydrogen-bond donors (Lipinski definition) is 3. The van der Waals surface area contributed by atoms with Crippen molar-refractivity contribution < 1.29 is 0 Å². The third-order valence-corrected chi connectivity index (χ3v) is 2.80. The smallest absolute Gasteiger partial charge is 0.142 e. The number of nitrogens with two attached hydrogens (primary N) is 1. The Morgan fingerprint density at radius 2 is 2.33 bits per heavy atom. The fourth-order valence-corrected chi connectivity index (χ4v) is 2.07. The Hall–Kier alpha value is -1.23. The molecule has 2 heterocycles. The average Bonchev–Trinajstić information content (AvgIpc) is 2.79. The minimum atomic E-state index is 0.406. The lowest BCUT2D eigenvalue weighted by molar-refractivity contribution is 0.328. The molecule has 2 rings (SSSR count). The van der Waals surface area contributed by atoms with Gasteiger partial charge in [0.25, 0.3) is 0 Å². The Balaban J connectivity index is 1.81. The molecule has 1 aromatic heterocycles. The summed E-state index contributed by atoms with van der Waals surface area (Å²) in [6.45, 7) is 5.70. The SMILES string of the molecule is CC(CN1CCCC1)Nc1cn[nH]c1N. The second-order valence-electron chi connectivity index (χ2n) is 4.25. The van der Waals surface area contributed by atoms with Crippen LogP contribution in [0.25, 0.3) is 0 Å². The Labute approximate surface area is 90.0 Å². The van der Waals surface area contributed by atoms with Crippen LogP contribution in [0.1, 0.15) is 19.8 Å². The first-order valence-electron chi connectivity index (χ1n) is 5.53. The first-order valence-corrected chi connectivity index (χ1v) is 5.53. The average molecular weight is 209 g/mol. The van der Waals surface area contributed by atoms with Gasteiger partial charge in [-0.3, -0.25) is 5.10 Å². The van der Waals surface area contributed by atoms with Crippen LogP contribution in [0.5, 0.6) is 0 Å². The van der Waals surface area contributed by atoms with Gasteiger partial charge in [0.05, 0.1) is 11.9 Å². The van der Waals surface area contributed by atoms with Gasteiger partial charge in [-0.1, -0.05) is 0 Å². The molecule has 0 radical (unpaired) electrons. The van der Waals surface area contributed by atoms with Crippen molar-refractivity contribution in [2.45, 2.75) is 25.8 Å². The Morgan fingerprint density at radius 3 is 2.93 bits per heavy atom. The van der Waals surface area contributed by atoms with Crippen LogP contribution in [0.15, 0.2) is 6.20 Å². The second-order valence-corrected chi connectivity index (χ2v) is 4.25. The number of nitrogens with zero attached hydrogens (tertiary/aromatic N) is 2. The van der Waals surface area contributed by atoms with Crippen LogP contribution in [0.3, 0.4) is 0 Å². The van der Waals surface area contributed by atoms with Gasteiger partial charge in [-0.05, 0) is 32.9 Å². The third-order valence-electron chi connectivity index (χ3n) is 2.80. The highest BCUT2D eigenvalue weighted by molar-refractivity contribution is 5.60. The van der Waals surface area contributed by atoms with Crippen LogP contribution < -0.4 is 11.1 Å². The third kappa shape index (κ3) is 2.62. The fourth-order valence-electron chi connectivity index (χ4n) is 2.07. The molecule has 1 aromatic rings. The first-order chi connectivity index (χ1) is 7.25. The highest BCUT2D eigenvalue weighted by Gasteiger charge is 2.15. The van der Waals surface area contributed by atoms with Crippen LogP contribution in [-0.4, -0.2) is 40.8 Å². The number of likely N-dealkylation sites (tertiary alicyclic amines) is 1. The lowest BCUT2D eigenvalue weighted by Gasteiger charge is -2.21. The standard InChI is InChI=1S/C10H19N5/c1-8(7-15-4-2-3-5-15)13-9-6-12-14-10(9)11/h6,8,13H,2-5,7H2,1H3,(H3,11,12,14). The van der Waals surface area contributed by atoms with Gasteiger partial charge in [0.2, 0.25) is 0 Å². The van der Waals surface area contributed by atoms with Crippen LogP contribution >= 0.6 is 0 Å². The van der Waals surface area contributed by atoms with Gasteiger partial charge in [0.1, 0.15) is 5.82 Å². The van der Waals surface area contributed by atoms with E-state index in [0.29, 0.717) is 11.9 Å². The summed E-state index contributed by atoms with van der Waals surface area (Å²) in [5, 5.41) is 9.96. The van der Waals surface area contributed by atoms with E-state index >= 15 is 0 Å². The van der Waals surface area contributed by atoms with Crippen molar-refractivity contribution in [1.29, 1.82) is 0 Å². The van der Waals surface area contributed by atoms with E-state index in [1.165, 1.54) is 25.9 Å². The van der Waals surface area contributed by atoms with E-state index in [4.69, 9.17) is 5.73 Å². The predicted molar refractivity (Wildman–Crippen MR) is 61.8 cm³/mol. The molecule has 5 heteroatoms. The summed E-state index contributed by atoms with van der Waals surface area (Å²) >= 11 is 0. The van der Waals surface area contributed by atoms with Gasteiger partial charge >= 0.3 is 0 Å². The van der Waals surface area contributed by atoms with Crippen LogP contribution in [0.2, 0.25) is 0 Å². The lowest BCUT2D eigenvalue weighted by atomic mass is 10.3. The predicted octanol–water partition coefficient (Wildman–Crippen LogP) is 0.888. The van der Waals surface area contributed by atoms with Crippen molar-refractivity contribution in [1.82, 2.24) is 15.1 Å². The summed E-state index contributed by atoms with van der Waals surface area (Å²) in [6, 6.07) is 0.406. The summed E-state index contributed by atoms with van der Waals surface area (Å²) < 4.78 is 0. The zero-order valence-corrected chi connectivity index (χ0v) is 9.16. The molecular weight excluding hydrogens is 190 g/mol. The van der Waals surface area contributed by atoms with Crippen molar-refractivity contribution in [3.8, 4) is 0 Å². The van der Waals surface area contributed by atoms with E-state index in [-0.39, 0.29) is 0 Å². The van der Waals surface area contributed by atoms with Crippen LogP contribution in [0.4, 0.5) is 11.5 Å². The molecule has 0 amide bonds. The largest absolute Gasteiger partial charge is 0.382 e. The van der Waals surface area contributed by atoms with Crippen LogP contribution in [-0.2, 0) is 0 Å². The van der Waals surface area contributed by atoms with Gasteiger partial charge < -0.3 is 16.0 Å². The molecule has 5 nitrogen and oxygen atoms in total. The summed E-state index contributed by atoms with van der Waals surface area (Å²) in [6.07, 6.45) is 4.40. The van der Waals surface area contributed by atoms with Crippen LogP contribution in [0, 0.1) is 0 Å². The van der Waals surface area contributed by atoms with Crippen molar-refractivity contribution in [3.63, 3.8) is 0 Å². The molecule has 1 unspecified atom stereocenters. The van der Waals surface area contributed by atoms with Gasteiger partial charge in [-0.25, -0.2) is 0 Å². The molecule has 1 atom stereocenters. The van der Waals surface area contributed by atoms with E-state index < -0.39 is 0 Å². The Kier molecular flexibility index (Phi) is 3.11. The van der Waals surface area contributed by atoms with E-state index in [9.17, 15) is 0 Å². The van der Waals surface area contributed by atoms with E-state index in [0.717, 1.165) is 12.2 Å². The molecule has 0 spiro atoms. The van der Waals surface area contributed by atoms with Crippen molar-refractivity contribution in [3.05, 3.63) is 6.20 Å². The minimum absolute atomic E-state index is 0.406. The quantitative estimate of drug-likeness (QED) is 0.688. The maximum absolute atomic E-state index is 5.70. The Morgan fingerprint density at radius 1 is 1.60 bits per heavy atom. The maximum atomic E-state index is 5.70. The highest BCUT2D eigenvalue weighted by atomic mass is 15.2. The van der Waals surface area contributed by atoms with Crippen molar-refractivity contribution in [2.24, 2.45) is 0 Å². The topological polar surface area (TPSA) is 70.0 Å². The fraction of sp³-hybridized carbons (Fsp3) is 0.700. The van der Waals surface area contributed by atoms with Gasteiger partial charge in [-0.15, -0.1) is 0 Å². The van der Waals surface area contributed by atoms with E-state index in [2.05, 4.69) is 27.3 Å². The molecular formula is C10H19N5. The molecule has 4 N–H and O–H groups in total. The number of nitrogens with one attached hydrogen (secondary N) is 2. The van der Waals surface area contributed by atoms with Gasteiger partial charge in [0, 0.05) is 12.6 Å². The summed E-state index contributed by atoms with van der Waals surface area (Å²) in [5.41, 5.74) is 6.61. The number of rotatable bonds is 4. The van der Waals surface area contributed by atoms with Gasteiger partial charge in [-0.2, -0.15) is 5.10 Å². The van der Waals surface area contributed by atoms with Gasteiger partial charge in [0.15, 0.2) is 0 Å². The molecule has 0 aromatic carbocycles. The second kappa shape index (κ2) is 4.53. The number of hydrogen-bond acceptors (Lipinski definition) is 4. The molecule has 0 bridgehead atoms. The first kappa shape index (κ1) is 10.3. The number of H-pyrrole nitrogens is 1. The molecule has 1 fully saturated rings. The summed E-state index contributed by atoms with van der Waals surface area (Å²) in [7, 11) is 0. The highest BCUT2D eigenvalue weighted by Crippen LogP contribution is 2.15. The summed E-state index contributed by atoms with van der Waals surface area (Å²) in [5.74, 6) is 0.614. The maximum Gasteiger partial charge on any atom is 0.142 e. The molecule has 0 saturated carbocycles. The number of aromatic amines is 1. The zero-order valence-electron chi connectivity index (χ0n) is 9.16. The minimum Gasteiger partial charge on any atom is -0.382 e. The molecule has 15 heavy (non-hydrogen) atoms. The lowest BCUT2D eigenvalue weighted by Crippen LogP contribution is -2.33. The summed E-state index contributed by atoms with van der Waals surface area (Å²) in [4.78, 5) is 2.48. The van der Waals surface area contributed by atoms with Crippen molar-refractivity contribution in [2.75, 3.05) is 30.7 Å². The van der Waals surface area contributed by atoms with E-state index in [1.807, 2.05) is 0 Å².